The van der Waals surface area contributed by atoms with E-state index in [0.29, 0.717) is 18.1 Å². The van der Waals surface area contributed by atoms with Crippen molar-refractivity contribution in [1.82, 2.24) is 0 Å². The van der Waals surface area contributed by atoms with Gasteiger partial charge in [0.25, 0.3) is 0 Å². The van der Waals surface area contributed by atoms with Crippen LogP contribution in [0.25, 0.3) is 0 Å². The van der Waals surface area contributed by atoms with Gasteiger partial charge in [-0.05, 0) is 12.3 Å². The molecule has 0 aliphatic heterocycles. The molecule has 3 heteroatoms. The van der Waals surface area contributed by atoms with Crippen LogP contribution in [0, 0.1) is 5.92 Å². The van der Waals surface area contributed by atoms with Crippen LogP contribution in [0.4, 0.5) is 0 Å². The summed E-state index contributed by atoms with van der Waals surface area (Å²) in [7, 11) is 2.97. The fraction of sp³-hybridized carbons (Fsp3) is 0.750. The van der Waals surface area contributed by atoms with Gasteiger partial charge in [0.15, 0.2) is 0 Å². The van der Waals surface area contributed by atoms with Crippen molar-refractivity contribution in [2.75, 3.05) is 14.2 Å². The van der Waals surface area contributed by atoms with Crippen LogP contribution in [0.1, 0.15) is 20.3 Å². The molecule has 0 aliphatic carbocycles. The van der Waals surface area contributed by atoms with E-state index in [-0.39, 0.29) is 5.97 Å². The van der Waals surface area contributed by atoms with Gasteiger partial charge in [-0.15, -0.1) is 0 Å². The third kappa shape index (κ3) is 3.75. The Hall–Kier alpha value is -0.860. The molecule has 0 rings (SSSR count). The van der Waals surface area contributed by atoms with Crippen LogP contribution < -0.4 is 0 Å². The van der Waals surface area contributed by atoms with Crippen LogP contribution in [0.15, 0.2) is 4.99 Å². The first-order valence-corrected chi connectivity index (χ1v) is 3.65. The predicted octanol–water partition coefficient (Wildman–Crippen LogP) is 1.28. The number of rotatable bonds is 3. The Labute approximate surface area is 67.5 Å². The predicted molar refractivity (Wildman–Crippen MR) is 44.8 cm³/mol. The molecule has 0 fully saturated rings. The van der Waals surface area contributed by atoms with E-state index in [2.05, 4.69) is 9.73 Å². The topological polar surface area (TPSA) is 38.7 Å². The third-order valence-electron chi connectivity index (χ3n) is 1.29. The Bertz CT molecular complexity index is 161. The fourth-order valence-corrected chi connectivity index (χ4v) is 0.770. The lowest BCUT2D eigenvalue weighted by Gasteiger charge is -2.05. The second-order valence-corrected chi connectivity index (χ2v) is 2.76. The first-order valence-electron chi connectivity index (χ1n) is 3.65. The SMILES string of the molecule is CN=C(CC(C)C)C(=O)OC. The van der Waals surface area contributed by atoms with Gasteiger partial charge in [-0.2, -0.15) is 0 Å². The van der Waals surface area contributed by atoms with Crippen molar-refractivity contribution in [3.63, 3.8) is 0 Å². The number of carbonyl (C=O) groups is 1. The van der Waals surface area contributed by atoms with Crippen molar-refractivity contribution in [3.8, 4) is 0 Å². The lowest BCUT2D eigenvalue weighted by Crippen LogP contribution is -2.17. The molecular formula is C8H15NO2. The number of aliphatic imine (C=N–C) groups is 1. The highest BCUT2D eigenvalue weighted by Crippen LogP contribution is 2.02. The summed E-state index contributed by atoms with van der Waals surface area (Å²) in [6, 6.07) is 0. The Morgan fingerprint density at radius 3 is 2.36 bits per heavy atom. The highest BCUT2D eigenvalue weighted by atomic mass is 16.5. The largest absolute Gasteiger partial charge is 0.465 e. The average Bonchev–Trinajstić information content (AvgIpc) is 1.98. The number of methoxy groups -OCH3 is 1. The quantitative estimate of drug-likeness (QED) is 0.457. The van der Waals surface area contributed by atoms with Crippen molar-refractivity contribution in [1.29, 1.82) is 0 Å². The molecule has 0 amide bonds. The minimum Gasteiger partial charge on any atom is -0.465 e. The van der Waals surface area contributed by atoms with Gasteiger partial charge in [-0.1, -0.05) is 13.8 Å². The second-order valence-electron chi connectivity index (χ2n) is 2.76. The van der Waals surface area contributed by atoms with Gasteiger partial charge in [-0.25, -0.2) is 4.79 Å². The molecule has 0 aromatic rings. The smallest absolute Gasteiger partial charge is 0.351 e. The van der Waals surface area contributed by atoms with Gasteiger partial charge >= 0.3 is 5.97 Å². The molecule has 11 heavy (non-hydrogen) atoms. The standard InChI is InChI=1S/C8H15NO2/c1-6(2)5-7(9-3)8(10)11-4/h6H,5H2,1-4H3. The zero-order chi connectivity index (χ0) is 8.85. The second kappa shape index (κ2) is 4.88. The molecule has 0 saturated carbocycles. The normalized spacial score (nSPS) is 11.9. The Kier molecular flexibility index (Phi) is 4.50. The van der Waals surface area contributed by atoms with Crippen LogP contribution in [0.3, 0.4) is 0 Å². The zero-order valence-corrected chi connectivity index (χ0v) is 7.55. The summed E-state index contributed by atoms with van der Waals surface area (Å²) >= 11 is 0. The van der Waals surface area contributed by atoms with E-state index in [0.717, 1.165) is 0 Å². The molecule has 0 aliphatic rings. The molecule has 64 valence electrons. The zero-order valence-electron chi connectivity index (χ0n) is 7.55. The average molecular weight is 157 g/mol. The minimum absolute atomic E-state index is 0.318. The van der Waals surface area contributed by atoms with Crippen molar-refractivity contribution >= 4 is 11.7 Å². The molecule has 0 atom stereocenters. The van der Waals surface area contributed by atoms with E-state index in [1.807, 2.05) is 13.8 Å². The van der Waals surface area contributed by atoms with Gasteiger partial charge in [0, 0.05) is 7.05 Å². The molecule has 0 saturated heterocycles. The molecule has 0 radical (unpaired) electrons. The summed E-state index contributed by atoms with van der Waals surface area (Å²) in [6.07, 6.45) is 0.684. The molecule has 0 bridgehead atoms. The maximum absolute atomic E-state index is 10.9. The van der Waals surface area contributed by atoms with Gasteiger partial charge in [0.2, 0.25) is 0 Å². The van der Waals surface area contributed by atoms with Crippen LogP contribution in [0.2, 0.25) is 0 Å². The molecular weight excluding hydrogens is 142 g/mol. The first kappa shape index (κ1) is 10.1. The number of hydrogen-bond acceptors (Lipinski definition) is 3. The Balaban J connectivity index is 4.09. The maximum atomic E-state index is 10.9. The summed E-state index contributed by atoms with van der Waals surface area (Å²) in [5, 5.41) is 0. The number of hydrogen-bond donors (Lipinski definition) is 0. The number of nitrogens with zero attached hydrogens (tertiary/aromatic N) is 1. The summed E-state index contributed by atoms with van der Waals surface area (Å²) in [5.74, 6) is 0.119. The molecule has 0 aromatic heterocycles. The Morgan fingerprint density at radius 2 is 2.09 bits per heavy atom. The molecule has 0 unspecified atom stereocenters. The van der Waals surface area contributed by atoms with Crippen LogP contribution in [-0.2, 0) is 9.53 Å². The van der Waals surface area contributed by atoms with E-state index < -0.39 is 0 Å². The van der Waals surface area contributed by atoms with Gasteiger partial charge in [-0.3, -0.25) is 4.99 Å². The highest BCUT2D eigenvalue weighted by molar-refractivity contribution is 6.36. The van der Waals surface area contributed by atoms with Gasteiger partial charge < -0.3 is 4.74 Å². The van der Waals surface area contributed by atoms with Gasteiger partial charge in [0.05, 0.1) is 7.11 Å². The van der Waals surface area contributed by atoms with Crippen molar-refractivity contribution < 1.29 is 9.53 Å². The molecule has 0 heterocycles. The summed E-state index contributed by atoms with van der Waals surface area (Å²) < 4.78 is 4.53. The summed E-state index contributed by atoms with van der Waals surface area (Å²) in [4.78, 5) is 14.8. The monoisotopic (exact) mass is 157 g/mol. The van der Waals surface area contributed by atoms with E-state index in [4.69, 9.17) is 0 Å². The first-order chi connectivity index (χ1) is 5.11. The van der Waals surface area contributed by atoms with E-state index in [1.54, 1.807) is 7.05 Å². The van der Waals surface area contributed by atoms with Crippen molar-refractivity contribution in [2.45, 2.75) is 20.3 Å². The number of esters is 1. The van der Waals surface area contributed by atoms with E-state index >= 15 is 0 Å². The molecule has 0 aromatic carbocycles. The van der Waals surface area contributed by atoms with Gasteiger partial charge in [0.1, 0.15) is 5.71 Å². The van der Waals surface area contributed by atoms with Crippen LogP contribution in [0.5, 0.6) is 0 Å². The van der Waals surface area contributed by atoms with Crippen LogP contribution >= 0.6 is 0 Å². The molecule has 0 N–H and O–H groups in total. The Morgan fingerprint density at radius 1 is 1.55 bits per heavy atom. The summed E-state index contributed by atoms with van der Waals surface area (Å²) in [6.45, 7) is 4.07. The lowest BCUT2D eigenvalue weighted by molar-refractivity contribution is -0.132. The van der Waals surface area contributed by atoms with Crippen molar-refractivity contribution in [3.05, 3.63) is 0 Å². The van der Waals surface area contributed by atoms with Crippen LogP contribution in [-0.4, -0.2) is 25.8 Å². The van der Waals surface area contributed by atoms with Crippen molar-refractivity contribution in [2.24, 2.45) is 10.9 Å². The molecule has 0 spiro atoms. The number of ether oxygens (including phenoxy) is 1. The third-order valence-corrected chi connectivity index (χ3v) is 1.29. The summed E-state index contributed by atoms with van der Waals surface area (Å²) in [5.41, 5.74) is 0.516. The fourth-order valence-electron chi connectivity index (χ4n) is 0.770. The molecule has 3 nitrogen and oxygen atoms in total. The lowest BCUT2D eigenvalue weighted by atomic mass is 10.1. The minimum atomic E-state index is -0.318. The maximum Gasteiger partial charge on any atom is 0.351 e. The highest BCUT2D eigenvalue weighted by Gasteiger charge is 2.11. The van der Waals surface area contributed by atoms with E-state index in [1.165, 1.54) is 7.11 Å². The van der Waals surface area contributed by atoms with E-state index in [9.17, 15) is 4.79 Å². The number of carbonyl (C=O) groups excluding carboxylic acids is 1.